The summed E-state index contributed by atoms with van der Waals surface area (Å²) >= 11 is 0. The molecule has 0 amide bonds. The third-order valence-electron chi connectivity index (χ3n) is 13.6. The molecule has 13 rings (SSSR count). The molecular formula is C58H39NO. The maximum absolute atomic E-state index is 10.0. The summed E-state index contributed by atoms with van der Waals surface area (Å²) in [6.45, 7) is 4.51. The predicted octanol–water partition coefficient (Wildman–Crippen LogP) is 15.4. The summed E-state index contributed by atoms with van der Waals surface area (Å²) in [7, 11) is 0. The molecule has 1 heterocycles. The monoisotopic (exact) mass is 769 g/mol. The average molecular weight is 770 g/mol. The fraction of sp³-hybridized carbons (Fsp3) is 0.0690. The fourth-order valence-electron chi connectivity index (χ4n) is 11.0. The van der Waals surface area contributed by atoms with Crippen molar-refractivity contribution in [1.29, 1.82) is 0 Å². The van der Waals surface area contributed by atoms with Crippen molar-refractivity contribution in [1.82, 2.24) is 0 Å². The Kier molecular flexibility index (Phi) is 5.98. The zero-order chi connectivity index (χ0) is 43.2. The minimum Gasteiger partial charge on any atom is -0.455 e. The standard InChI is InChI=1S/C58H39NO/c1-57(2)47-22-8-3-15-40(47)43-34-33-38(35-52(43)57)59(37-31-29-36(30-32-37)39-20-13-21-45-44-18-7-12-28-54(44)60-56(39)45)53-27-14-26-51-55(53)46-19-6-11-25-50(46)58(51)48-23-9-4-16-41(48)42-17-5-10-24-49(42)58/h3-35H,1-2H3/i29D,30D,31D,32D. The number of rotatable bonds is 4. The zero-order valence-corrected chi connectivity index (χ0v) is 33.1. The summed E-state index contributed by atoms with van der Waals surface area (Å²) in [6, 6.07) is 60.5. The lowest BCUT2D eigenvalue weighted by atomic mass is 9.70. The molecule has 282 valence electrons. The van der Waals surface area contributed by atoms with E-state index < -0.39 is 5.41 Å². The van der Waals surface area contributed by atoms with Crippen LogP contribution in [0.5, 0.6) is 0 Å². The van der Waals surface area contributed by atoms with Crippen LogP contribution in [0.1, 0.15) is 52.7 Å². The molecule has 0 aliphatic heterocycles. The first-order valence-electron chi connectivity index (χ1n) is 22.7. The predicted molar refractivity (Wildman–Crippen MR) is 248 cm³/mol. The van der Waals surface area contributed by atoms with Gasteiger partial charge in [-0.1, -0.05) is 178 Å². The Morgan fingerprint density at radius 1 is 0.433 bits per heavy atom. The second kappa shape index (κ2) is 12.1. The molecule has 1 spiro atoms. The van der Waals surface area contributed by atoms with Crippen molar-refractivity contribution in [3.63, 3.8) is 0 Å². The Hall–Kier alpha value is -7.42. The second-order valence-corrected chi connectivity index (χ2v) is 16.8. The number of benzene rings is 9. The topological polar surface area (TPSA) is 16.4 Å². The van der Waals surface area contributed by atoms with E-state index in [1.807, 2.05) is 47.4 Å². The first-order valence-corrected chi connectivity index (χ1v) is 20.7. The summed E-state index contributed by atoms with van der Waals surface area (Å²) in [5.41, 5.74) is 16.7. The van der Waals surface area contributed by atoms with Crippen LogP contribution >= 0.6 is 0 Å². The summed E-state index contributed by atoms with van der Waals surface area (Å²) in [5.74, 6) is 0. The van der Waals surface area contributed by atoms with Crippen molar-refractivity contribution in [2.24, 2.45) is 0 Å². The van der Waals surface area contributed by atoms with Crippen LogP contribution in [0.15, 0.2) is 205 Å². The molecule has 3 aliphatic rings. The van der Waals surface area contributed by atoms with Gasteiger partial charge in [0.05, 0.1) is 16.6 Å². The first kappa shape index (κ1) is 29.7. The number of nitrogens with zero attached hydrogens (tertiary/aromatic N) is 1. The Morgan fingerprint density at radius 2 is 0.967 bits per heavy atom. The van der Waals surface area contributed by atoms with Crippen LogP contribution in [0.3, 0.4) is 0 Å². The molecule has 2 nitrogen and oxygen atoms in total. The van der Waals surface area contributed by atoms with Crippen LogP contribution < -0.4 is 4.90 Å². The van der Waals surface area contributed by atoms with Crippen molar-refractivity contribution in [3.05, 3.63) is 233 Å². The highest BCUT2D eigenvalue weighted by Gasteiger charge is 2.52. The molecule has 3 aliphatic carbocycles. The van der Waals surface area contributed by atoms with E-state index in [1.54, 1.807) is 0 Å². The lowest BCUT2D eigenvalue weighted by Crippen LogP contribution is -2.26. The maximum atomic E-state index is 10.0. The van der Waals surface area contributed by atoms with E-state index in [0.29, 0.717) is 16.7 Å². The van der Waals surface area contributed by atoms with Crippen LogP contribution in [0.4, 0.5) is 17.1 Å². The number of fused-ring (bicyclic) bond motifs is 16. The van der Waals surface area contributed by atoms with Gasteiger partial charge in [0.2, 0.25) is 0 Å². The average Bonchev–Trinajstić information content (AvgIpc) is 4.02. The van der Waals surface area contributed by atoms with Crippen LogP contribution in [0.25, 0.3) is 66.4 Å². The third-order valence-corrected chi connectivity index (χ3v) is 13.6. The van der Waals surface area contributed by atoms with Gasteiger partial charge in [0.1, 0.15) is 11.2 Å². The van der Waals surface area contributed by atoms with Gasteiger partial charge >= 0.3 is 0 Å². The quantitative estimate of drug-likeness (QED) is 0.177. The summed E-state index contributed by atoms with van der Waals surface area (Å²) in [4.78, 5) is 2.01. The van der Waals surface area contributed by atoms with E-state index >= 15 is 0 Å². The molecule has 0 unspecified atom stereocenters. The summed E-state index contributed by atoms with van der Waals surface area (Å²) in [6.07, 6.45) is 0. The van der Waals surface area contributed by atoms with Gasteiger partial charge in [-0.25, -0.2) is 0 Å². The fourth-order valence-corrected chi connectivity index (χ4v) is 11.0. The van der Waals surface area contributed by atoms with Gasteiger partial charge in [0, 0.05) is 38.7 Å². The van der Waals surface area contributed by atoms with E-state index in [-0.39, 0.29) is 40.8 Å². The SMILES string of the molecule is [2H]c1c([2H])c(N(c2ccc3c(c2)C(C)(C)c2ccccc2-3)c2cccc3c2-c2ccccc2C32c3ccccc3-c3ccccc32)c([2H])c([2H])c1-c1cccc2c1oc1ccccc12. The lowest BCUT2D eigenvalue weighted by molar-refractivity contribution is 0.660. The van der Waals surface area contributed by atoms with Crippen molar-refractivity contribution in [2.45, 2.75) is 24.7 Å². The Bertz CT molecular complexity index is 3600. The third kappa shape index (κ3) is 4.27. The molecule has 0 fully saturated rings. The Balaban J connectivity index is 1.11. The molecule has 0 atom stereocenters. The Morgan fingerprint density at radius 3 is 1.70 bits per heavy atom. The van der Waals surface area contributed by atoms with Crippen molar-refractivity contribution in [2.75, 3.05) is 4.90 Å². The molecule has 10 aromatic rings. The highest BCUT2D eigenvalue weighted by molar-refractivity contribution is 6.09. The number of anilines is 3. The molecule has 9 aromatic carbocycles. The van der Waals surface area contributed by atoms with Gasteiger partial charge in [-0.05, 0) is 103 Å². The number of furan rings is 1. The second-order valence-electron chi connectivity index (χ2n) is 16.8. The molecule has 0 saturated carbocycles. The van der Waals surface area contributed by atoms with E-state index in [9.17, 15) is 5.48 Å². The molecule has 2 heteroatoms. The number of hydrogen-bond donors (Lipinski definition) is 0. The van der Waals surface area contributed by atoms with Crippen molar-refractivity contribution < 1.29 is 9.90 Å². The molecule has 0 N–H and O–H groups in total. The molecule has 60 heavy (non-hydrogen) atoms. The van der Waals surface area contributed by atoms with Crippen LogP contribution in [-0.2, 0) is 10.8 Å². The van der Waals surface area contributed by atoms with E-state index in [2.05, 4.69) is 147 Å². The van der Waals surface area contributed by atoms with Crippen molar-refractivity contribution >= 4 is 39.0 Å². The molecular weight excluding hydrogens is 727 g/mol. The maximum Gasteiger partial charge on any atom is 0.143 e. The van der Waals surface area contributed by atoms with E-state index in [1.165, 1.54) is 38.9 Å². The highest BCUT2D eigenvalue weighted by atomic mass is 16.3. The normalized spacial score (nSPS) is 15.4. The van der Waals surface area contributed by atoms with E-state index in [4.69, 9.17) is 4.42 Å². The largest absolute Gasteiger partial charge is 0.455 e. The minimum absolute atomic E-state index is 0.133. The van der Waals surface area contributed by atoms with Gasteiger partial charge < -0.3 is 9.32 Å². The minimum atomic E-state index is -0.619. The smallest absolute Gasteiger partial charge is 0.143 e. The summed E-state index contributed by atoms with van der Waals surface area (Å²) in [5, 5.41) is 1.79. The molecule has 0 bridgehead atoms. The van der Waals surface area contributed by atoms with Crippen molar-refractivity contribution in [3.8, 4) is 44.5 Å². The lowest BCUT2D eigenvalue weighted by Gasteiger charge is -2.32. The van der Waals surface area contributed by atoms with Crippen LogP contribution in [0, 0.1) is 0 Å². The molecule has 0 radical (unpaired) electrons. The van der Waals surface area contributed by atoms with Gasteiger partial charge in [-0.3, -0.25) is 0 Å². The number of hydrogen-bond acceptors (Lipinski definition) is 2. The molecule has 1 aromatic heterocycles. The van der Waals surface area contributed by atoms with E-state index in [0.717, 1.165) is 50.0 Å². The number of para-hydroxylation sites is 2. The first-order chi connectivity index (χ1) is 31.2. The van der Waals surface area contributed by atoms with Gasteiger partial charge in [0.25, 0.3) is 0 Å². The Labute approximate surface area is 355 Å². The van der Waals surface area contributed by atoms with Gasteiger partial charge in [-0.2, -0.15) is 0 Å². The van der Waals surface area contributed by atoms with Crippen LogP contribution in [-0.4, -0.2) is 0 Å². The molecule has 0 saturated heterocycles. The van der Waals surface area contributed by atoms with Gasteiger partial charge in [-0.15, -0.1) is 0 Å². The highest BCUT2D eigenvalue weighted by Crippen LogP contribution is 2.65. The van der Waals surface area contributed by atoms with Gasteiger partial charge in [0.15, 0.2) is 0 Å². The van der Waals surface area contributed by atoms with Crippen LogP contribution in [0.2, 0.25) is 0 Å². The zero-order valence-electron chi connectivity index (χ0n) is 37.1. The summed E-state index contributed by atoms with van der Waals surface area (Å²) < 4.78 is 46.1.